The van der Waals surface area contributed by atoms with Crippen molar-refractivity contribution >= 4 is 27.4 Å². The van der Waals surface area contributed by atoms with Crippen LogP contribution in [0.2, 0.25) is 0 Å². The molecular weight excluding hydrogens is 382 g/mol. The zero-order chi connectivity index (χ0) is 20.7. The predicted molar refractivity (Wildman–Crippen MR) is 105 cm³/mol. The third kappa shape index (κ3) is 6.38. The lowest BCUT2D eigenvalue weighted by Crippen LogP contribution is -2.22. The maximum absolute atomic E-state index is 12.1. The van der Waals surface area contributed by atoms with Gasteiger partial charge in [0.2, 0.25) is 0 Å². The average molecular weight is 405 g/mol. The number of esters is 1. The number of ether oxygens (including phenoxy) is 2. The van der Waals surface area contributed by atoms with Crippen LogP contribution < -0.4 is 10.1 Å². The Balaban J connectivity index is 1.92. The van der Waals surface area contributed by atoms with Crippen LogP contribution in [0, 0.1) is 5.92 Å². The second kappa shape index (κ2) is 9.36. The Morgan fingerprint density at radius 1 is 1.04 bits per heavy atom. The third-order valence-corrected chi connectivity index (χ3v) is 4.72. The number of anilines is 1. The van der Waals surface area contributed by atoms with E-state index in [1.54, 1.807) is 36.4 Å². The minimum absolute atomic E-state index is 0.00772. The first kappa shape index (κ1) is 21.4. The predicted octanol–water partition coefficient (Wildman–Crippen LogP) is 2.92. The first-order valence-electron chi connectivity index (χ1n) is 8.65. The number of benzene rings is 2. The van der Waals surface area contributed by atoms with Crippen molar-refractivity contribution in [3.63, 3.8) is 0 Å². The molecule has 0 heterocycles. The van der Waals surface area contributed by atoms with Crippen LogP contribution >= 0.6 is 0 Å². The third-order valence-electron chi connectivity index (χ3n) is 3.57. The smallest absolute Gasteiger partial charge is 0.338 e. The SMILES string of the molecule is CC(C)COc1ccc(C(=O)OCC(=O)Nc2ccccc2S(C)(=O)=O)cc1. The maximum Gasteiger partial charge on any atom is 0.338 e. The molecule has 0 saturated carbocycles. The molecule has 0 radical (unpaired) electrons. The van der Waals surface area contributed by atoms with Crippen LogP contribution in [0.1, 0.15) is 24.2 Å². The van der Waals surface area contributed by atoms with Crippen molar-refractivity contribution in [1.29, 1.82) is 0 Å². The molecule has 0 aliphatic heterocycles. The summed E-state index contributed by atoms with van der Waals surface area (Å²) in [5.41, 5.74) is 0.416. The lowest BCUT2D eigenvalue weighted by molar-refractivity contribution is -0.119. The Hall–Kier alpha value is -2.87. The van der Waals surface area contributed by atoms with E-state index in [9.17, 15) is 18.0 Å². The van der Waals surface area contributed by atoms with Gasteiger partial charge in [0.15, 0.2) is 16.4 Å². The van der Waals surface area contributed by atoms with Crippen molar-refractivity contribution in [2.24, 2.45) is 5.92 Å². The molecule has 7 nitrogen and oxygen atoms in total. The van der Waals surface area contributed by atoms with Gasteiger partial charge >= 0.3 is 5.97 Å². The van der Waals surface area contributed by atoms with E-state index < -0.39 is 28.3 Å². The number of sulfone groups is 1. The van der Waals surface area contributed by atoms with Crippen molar-refractivity contribution in [2.75, 3.05) is 24.8 Å². The zero-order valence-corrected chi connectivity index (χ0v) is 16.8. The highest BCUT2D eigenvalue weighted by Gasteiger charge is 2.16. The van der Waals surface area contributed by atoms with Gasteiger partial charge in [-0.2, -0.15) is 0 Å². The molecule has 2 aromatic carbocycles. The number of hydrogen-bond acceptors (Lipinski definition) is 6. The van der Waals surface area contributed by atoms with Gasteiger partial charge in [-0.15, -0.1) is 0 Å². The highest BCUT2D eigenvalue weighted by Crippen LogP contribution is 2.20. The monoisotopic (exact) mass is 405 g/mol. The van der Waals surface area contributed by atoms with Crippen LogP contribution in [0.15, 0.2) is 53.4 Å². The number of amides is 1. The molecule has 0 aliphatic carbocycles. The fourth-order valence-corrected chi connectivity index (χ4v) is 3.09. The van der Waals surface area contributed by atoms with Crippen LogP contribution in [0.3, 0.4) is 0 Å². The molecule has 1 N–H and O–H groups in total. The van der Waals surface area contributed by atoms with Gasteiger partial charge in [0.1, 0.15) is 5.75 Å². The summed E-state index contributed by atoms with van der Waals surface area (Å²) in [4.78, 5) is 24.1. The molecule has 28 heavy (non-hydrogen) atoms. The molecule has 0 aliphatic rings. The maximum atomic E-state index is 12.1. The largest absolute Gasteiger partial charge is 0.493 e. The molecule has 0 fully saturated rings. The molecule has 0 unspecified atom stereocenters. The summed E-state index contributed by atoms with van der Waals surface area (Å²) in [5, 5.41) is 2.44. The second-order valence-electron chi connectivity index (χ2n) is 6.62. The van der Waals surface area contributed by atoms with E-state index in [0.717, 1.165) is 6.26 Å². The van der Waals surface area contributed by atoms with Crippen LogP contribution in [-0.4, -0.2) is 39.8 Å². The number of hydrogen-bond donors (Lipinski definition) is 1. The Morgan fingerprint density at radius 2 is 1.68 bits per heavy atom. The van der Waals surface area contributed by atoms with Gasteiger partial charge in [0.25, 0.3) is 5.91 Å². The quantitative estimate of drug-likeness (QED) is 0.678. The fraction of sp³-hybridized carbons (Fsp3) is 0.300. The Labute approximate surface area is 164 Å². The van der Waals surface area contributed by atoms with E-state index in [4.69, 9.17) is 9.47 Å². The van der Waals surface area contributed by atoms with Gasteiger partial charge in [-0.25, -0.2) is 13.2 Å². The highest BCUT2D eigenvalue weighted by molar-refractivity contribution is 7.90. The van der Waals surface area contributed by atoms with Gasteiger partial charge in [-0.3, -0.25) is 4.79 Å². The van der Waals surface area contributed by atoms with E-state index in [1.165, 1.54) is 12.1 Å². The number of carbonyl (C=O) groups excluding carboxylic acids is 2. The number of para-hydroxylation sites is 1. The minimum Gasteiger partial charge on any atom is -0.493 e. The number of rotatable bonds is 8. The zero-order valence-electron chi connectivity index (χ0n) is 16.0. The second-order valence-corrected chi connectivity index (χ2v) is 8.61. The number of nitrogens with one attached hydrogen (secondary N) is 1. The summed E-state index contributed by atoms with van der Waals surface area (Å²) in [7, 11) is -3.50. The summed E-state index contributed by atoms with van der Waals surface area (Å²) in [6, 6.07) is 12.4. The summed E-state index contributed by atoms with van der Waals surface area (Å²) in [6.07, 6.45) is 1.05. The van der Waals surface area contributed by atoms with Gasteiger partial charge in [-0.05, 0) is 42.3 Å². The summed E-state index contributed by atoms with van der Waals surface area (Å²) in [5.74, 6) is -0.278. The van der Waals surface area contributed by atoms with Crippen LogP contribution in [0.5, 0.6) is 5.75 Å². The molecule has 0 bridgehead atoms. The summed E-state index contributed by atoms with van der Waals surface area (Å²) < 4.78 is 34.0. The summed E-state index contributed by atoms with van der Waals surface area (Å²) >= 11 is 0. The number of carbonyl (C=O) groups is 2. The minimum atomic E-state index is -3.50. The fourth-order valence-electron chi connectivity index (χ4n) is 2.24. The Morgan fingerprint density at radius 3 is 2.29 bits per heavy atom. The van der Waals surface area contributed by atoms with E-state index >= 15 is 0 Å². The molecule has 2 aromatic rings. The van der Waals surface area contributed by atoms with Crippen molar-refractivity contribution < 1.29 is 27.5 Å². The topological polar surface area (TPSA) is 98.8 Å². The lowest BCUT2D eigenvalue weighted by atomic mass is 10.2. The van der Waals surface area contributed by atoms with E-state index in [-0.39, 0.29) is 16.1 Å². The first-order valence-corrected chi connectivity index (χ1v) is 10.5. The van der Waals surface area contributed by atoms with Gasteiger partial charge in [0.05, 0.1) is 22.8 Å². The summed E-state index contributed by atoms with van der Waals surface area (Å²) in [6.45, 7) is 4.09. The van der Waals surface area contributed by atoms with Gasteiger partial charge < -0.3 is 14.8 Å². The molecule has 2 rings (SSSR count). The van der Waals surface area contributed by atoms with Crippen LogP contribution in [-0.2, 0) is 19.4 Å². The molecular formula is C20H23NO6S. The molecule has 0 atom stereocenters. The van der Waals surface area contributed by atoms with E-state index in [2.05, 4.69) is 5.32 Å². The van der Waals surface area contributed by atoms with E-state index in [0.29, 0.717) is 18.3 Å². The Kier molecular flexibility index (Phi) is 7.17. The van der Waals surface area contributed by atoms with E-state index in [1.807, 2.05) is 13.8 Å². The van der Waals surface area contributed by atoms with Crippen molar-refractivity contribution in [3.8, 4) is 5.75 Å². The average Bonchev–Trinajstić information content (AvgIpc) is 2.64. The van der Waals surface area contributed by atoms with Gasteiger partial charge in [-0.1, -0.05) is 26.0 Å². The molecule has 0 spiro atoms. The lowest BCUT2D eigenvalue weighted by Gasteiger charge is -2.11. The molecule has 8 heteroatoms. The van der Waals surface area contributed by atoms with Crippen molar-refractivity contribution in [3.05, 3.63) is 54.1 Å². The first-order chi connectivity index (χ1) is 13.2. The Bertz CT molecular complexity index is 935. The van der Waals surface area contributed by atoms with Gasteiger partial charge in [0, 0.05) is 6.26 Å². The standard InChI is InChI=1S/C20H23NO6S/c1-14(2)12-26-16-10-8-15(9-11-16)20(23)27-13-19(22)21-17-6-4-5-7-18(17)28(3,24)25/h4-11,14H,12-13H2,1-3H3,(H,21,22). The molecule has 150 valence electrons. The molecule has 1 amide bonds. The molecule has 0 aromatic heterocycles. The van der Waals surface area contributed by atoms with Crippen LogP contribution in [0.4, 0.5) is 5.69 Å². The highest BCUT2D eigenvalue weighted by atomic mass is 32.2. The normalized spacial score (nSPS) is 11.1. The van der Waals surface area contributed by atoms with Crippen molar-refractivity contribution in [1.82, 2.24) is 0 Å². The van der Waals surface area contributed by atoms with Crippen molar-refractivity contribution in [2.45, 2.75) is 18.7 Å². The van der Waals surface area contributed by atoms with Crippen LogP contribution in [0.25, 0.3) is 0 Å². The molecule has 0 saturated heterocycles.